The van der Waals surface area contributed by atoms with Gasteiger partial charge in [0, 0.05) is 39.4 Å². The third-order valence-corrected chi connectivity index (χ3v) is 3.20. The van der Waals surface area contributed by atoms with E-state index in [-0.39, 0.29) is 12.1 Å². The molecule has 2 unspecified atom stereocenters. The van der Waals surface area contributed by atoms with Gasteiger partial charge in [-0.25, -0.2) is 0 Å². The summed E-state index contributed by atoms with van der Waals surface area (Å²) >= 11 is 0. The third kappa shape index (κ3) is 5.28. The van der Waals surface area contributed by atoms with Crippen molar-refractivity contribution < 1.29 is 9.47 Å². The molecule has 1 rings (SSSR count). The molecule has 0 radical (unpaired) electrons. The predicted octanol–water partition coefficient (Wildman–Crippen LogP) is 1.67. The number of ether oxygens (including phenoxy) is 2. The molecule has 0 saturated carbocycles. The lowest BCUT2D eigenvalue weighted by Gasteiger charge is -2.34. The molecule has 0 aliphatic carbocycles. The Morgan fingerprint density at radius 3 is 2.00 bits per heavy atom. The van der Waals surface area contributed by atoms with Crippen LogP contribution in [0.2, 0.25) is 0 Å². The molecule has 19 heavy (non-hydrogen) atoms. The highest BCUT2D eigenvalue weighted by Gasteiger charge is 2.23. The van der Waals surface area contributed by atoms with Crippen molar-refractivity contribution in [3.8, 4) is 0 Å². The zero-order chi connectivity index (χ0) is 14.1. The highest BCUT2D eigenvalue weighted by Crippen LogP contribution is 2.23. The van der Waals surface area contributed by atoms with E-state index in [1.165, 1.54) is 5.56 Å². The molecule has 1 aromatic rings. The summed E-state index contributed by atoms with van der Waals surface area (Å²) in [6.07, 6.45) is 0. The van der Waals surface area contributed by atoms with Gasteiger partial charge in [0.05, 0.1) is 13.2 Å². The molecule has 0 spiro atoms. The molecular weight excluding hydrogens is 240 g/mol. The fourth-order valence-corrected chi connectivity index (χ4v) is 2.30. The summed E-state index contributed by atoms with van der Waals surface area (Å²) in [6.45, 7) is 5.13. The second-order valence-corrected chi connectivity index (χ2v) is 4.74. The van der Waals surface area contributed by atoms with E-state index in [0.717, 1.165) is 13.1 Å². The predicted molar refractivity (Wildman–Crippen MR) is 78.2 cm³/mol. The Morgan fingerprint density at radius 2 is 1.58 bits per heavy atom. The van der Waals surface area contributed by atoms with Crippen molar-refractivity contribution >= 4 is 0 Å². The van der Waals surface area contributed by atoms with Crippen LogP contribution in [0.5, 0.6) is 0 Å². The van der Waals surface area contributed by atoms with Gasteiger partial charge >= 0.3 is 0 Å². The lowest BCUT2D eigenvalue weighted by Crippen LogP contribution is -2.42. The molecule has 2 N–H and O–H groups in total. The molecule has 0 aromatic heterocycles. The standard InChI is InChI=1S/C15H26N2O2/c1-13(16)15(14-7-5-4-6-8-14)17(9-11-18-2)10-12-19-3/h4-8,13,15H,9-12,16H2,1-3H3. The Kier molecular flexibility index (Phi) is 7.67. The first-order valence-electron chi connectivity index (χ1n) is 6.73. The molecule has 4 nitrogen and oxygen atoms in total. The number of hydrogen-bond acceptors (Lipinski definition) is 4. The molecular formula is C15H26N2O2. The summed E-state index contributed by atoms with van der Waals surface area (Å²) in [5, 5.41) is 0. The van der Waals surface area contributed by atoms with Crippen molar-refractivity contribution in [2.45, 2.75) is 19.0 Å². The first-order valence-corrected chi connectivity index (χ1v) is 6.73. The summed E-state index contributed by atoms with van der Waals surface area (Å²) in [6, 6.07) is 10.6. The van der Waals surface area contributed by atoms with E-state index in [9.17, 15) is 0 Å². The van der Waals surface area contributed by atoms with Gasteiger partial charge in [0.1, 0.15) is 0 Å². The zero-order valence-corrected chi connectivity index (χ0v) is 12.2. The summed E-state index contributed by atoms with van der Waals surface area (Å²) in [4.78, 5) is 2.33. The normalized spacial score (nSPS) is 14.6. The van der Waals surface area contributed by atoms with Crippen LogP contribution in [0, 0.1) is 0 Å². The van der Waals surface area contributed by atoms with Crippen molar-refractivity contribution in [3.05, 3.63) is 35.9 Å². The number of hydrogen-bond donors (Lipinski definition) is 1. The van der Waals surface area contributed by atoms with Gasteiger partial charge in [0.2, 0.25) is 0 Å². The van der Waals surface area contributed by atoms with Crippen LogP contribution in [-0.2, 0) is 9.47 Å². The van der Waals surface area contributed by atoms with Crippen molar-refractivity contribution in [1.29, 1.82) is 0 Å². The first-order chi connectivity index (χ1) is 9.20. The van der Waals surface area contributed by atoms with Gasteiger partial charge in [-0.05, 0) is 12.5 Å². The maximum atomic E-state index is 6.19. The summed E-state index contributed by atoms with van der Waals surface area (Å²) < 4.78 is 10.4. The fourth-order valence-electron chi connectivity index (χ4n) is 2.30. The average molecular weight is 266 g/mol. The average Bonchev–Trinajstić information content (AvgIpc) is 2.42. The van der Waals surface area contributed by atoms with Crippen molar-refractivity contribution in [1.82, 2.24) is 4.90 Å². The molecule has 0 aliphatic heterocycles. The van der Waals surface area contributed by atoms with Crippen LogP contribution in [0.1, 0.15) is 18.5 Å². The molecule has 108 valence electrons. The topological polar surface area (TPSA) is 47.7 Å². The van der Waals surface area contributed by atoms with Gasteiger partial charge in [-0.1, -0.05) is 30.3 Å². The second-order valence-electron chi connectivity index (χ2n) is 4.74. The molecule has 0 heterocycles. The monoisotopic (exact) mass is 266 g/mol. The number of nitrogens with two attached hydrogens (primary N) is 1. The number of nitrogens with zero attached hydrogens (tertiary/aromatic N) is 1. The highest BCUT2D eigenvalue weighted by molar-refractivity contribution is 5.20. The Hall–Kier alpha value is -0.940. The summed E-state index contributed by atoms with van der Waals surface area (Å²) in [5.41, 5.74) is 7.43. The van der Waals surface area contributed by atoms with E-state index in [1.807, 2.05) is 13.0 Å². The van der Waals surface area contributed by atoms with Gasteiger partial charge in [0.15, 0.2) is 0 Å². The maximum Gasteiger partial charge on any atom is 0.0589 e. The molecule has 0 amide bonds. The zero-order valence-electron chi connectivity index (χ0n) is 12.2. The molecule has 0 fully saturated rings. The van der Waals surface area contributed by atoms with Gasteiger partial charge in [-0.15, -0.1) is 0 Å². The van der Waals surface area contributed by atoms with Gasteiger partial charge in [-0.2, -0.15) is 0 Å². The lowest BCUT2D eigenvalue weighted by molar-refractivity contribution is 0.0801. The SMILES string of the molecule is COCCN(CCOC)C(c1ccccc1)C(C)N. The number of methoxy groups -OCH3 is 2. The van der Waals surface area contributed by atoms with E-state index in [2.05, 4.69) is 29.2 Å². The highest BCUT2D eigenvalue weighted by atomic mass is 16.5. The van der Waals surface area contributed by atoms with E-state index in [0.29, 0.717) is 13.2 Å². The maximum absolute atomic E-state index is 6.19. The van der Waals surface area contributed by atoms with Crippen LogP contribution in [0.4, 0.5) is 0 Å². The van der Waals surface area contributed by atoms with E-state index in [4.69, 9.17) is 15.2 Å². The molecule has 0 saturated heterocycles. The quantitative estimate of drug-likeness (QED) is 0.738. The number of benzene rings is 1. The minimum atomic E-state index is 0.0520. The van der Waals surface area contributed by atoms with E-state index in [1.54, 1.807) is 14.2 Å². The largest absolute Gasteiger partial charge is 0.383 e. The fraction of sp³-hybridized carbons (Fsp3) is 0.600. The Bertz CT molecular complexity index is 322. The van der Waals surface area contributed by atoms with E-state index < -0.39 is 0 Å². The van der Waals surface area contributed by atoms with Gasteiger partial charge in [-0.3, -0.25) is 4.90 Å². The minimum absolute atomic E-state index is 0.0520. The first kappa shape index (κ1) is 16.1. The van der Waals surface area contributed by atoms with E-state index >= 15 is 0 Å². The van der Waals surface area contributed by atoms with Crippen molar-refractivity contribution in [2.75, 3.05) is 40.5 Å². The van der Waals surface area contributed by atoms with Gasteiger partial charge in [0.25, 0.3) is 0 Å². The second kappa shape index (κ2) is 9.04. The minimum Gasteiger partial charge on any atom is -0.383 e. The third-order valence-electron chi connectivity index (χ3n) is 3.20. The molecule has 4 heteroatoms. The molecule has 1 aromatic carbocycles. The Labute approximate surface area is 116 Å². The van der Waals surface area contributed by atoms with Crippen LogP contribution in [-0.4, -0.2) is 51.5 Å². The van der Waals surface area contributed by atoms with Crippen molar-refractivity contribution in [2.24, 2.45) is 5.73 Å². The molecule has 0 bridgehead atoms. The smallest absolute Gasteiger partial charge is 0.0589 e. The van der Waals surface area contributed by atoms with Crippen molar-refractivity contribution in [3.63, 3.8) is 0 Å². The summed E-state index contributed by atoms with van der Waals surface area (Å²) in [7, 11) is 3.44. The van der Waals surface area contributed by atoms with Crippen LogP contribution in [0.25, 0.3) is 0 Å². The van der Waals surface area contributed by atoms with Crippen LogP contribution >= 0.6 is 0 Å². The Balaban J connectivity index is 2.84. The lowest BCUT2D eigenvalue weighted by atomic mass is 9.99. The Morgan fingerprint density at radius 1 is 1.05 bits per heavy atom. The molecule has 0 aliphatic rings. The summed E-state index contributed by atoms with van der Waals surface area (Å²) in [5.74, 6) is 0. The molecule has 2 atom stereocenters. The van der Waals surface area contributed by atoms with Crippen LogP contribution < -0.4 is 5.73 Å². The van der Waals surface area contributed by atoms with Gasteiger partial charge < -0.3 is 15.2 Å². The van der Waals surface area contributed by atoms with Crippen LogP contribution in [0.3, 0.4) is 0 Å². The number of rotatable bonds is 9. The van der Waals surface area contributed by atoms with Crippen LogP contribution in [0.15, 0.2) is 30.3 Å².